The van der Waals surface area contributed by atoms with Gasteiger partial charge in [-0.05, 0) is 12.5 Å². The average molecular weight is 165 g/mol. The van der Waals surface area contributed by atoms with Crippen molar-refractivity contribution >= 4 is 5.91 Å². The summed E-state index contributed by atoms with van der Waals surface area (Å²) in [6, 6.07) is 0. The number of carbonyl (C=O) groups is 1. The molecule has 0 aromatic heterocycles. The van der Waals surface area contributed by atoms with Crippen molar-refractivity contribution in [3.63, 3.8) is 0 Å². The number of nitrogens with zero attached hydrogens (tertiary/aromatic N) is 1. The van der Waals surface area contributed by atoms with E-state index in [0.29, 0.717) is 0 Å². The highest BCUT2D eigenvalue weighted by atomic mass is 16.5. The molecule has 0 saturated heterocycles. The number of amides is 1. The van der Waals surface area contributed by atoms with E-state index in [9.17, 15) is 4.79 Å². The molecule has 0 aromatic carbocycles. The number of likely N-dealkylation sites (N-methyl/N-ethyl adjacent to an activating group) is 1. The van der Waals surface area contributed by atoms with Crippen molar-refractivity contribution in [3.8, 4) is 0 Å². The van der Waals surface area contributed by atoms with Crippen LogP contribution in [0, 0.1) is 0 Å². The molecule has 0 bridgehead atoms. The van der Waals surface area contributed by atoms with Crippen molar-refractivity contribution in [2.75, 3.05) is 13.7 Å². The van der Waals surface area contributed by atoms with E-state index in [1.54, 1.807) is 11.9 Å². The first-order chi connectivity index (χ1) is 5.79. The molecule has 0 fully saturated rings. The van der Waals surface area contributed by atoms with Crippen LogP contribution in [0.1, 0.15) is 12.8 Å². The lowest BCUT2D eigenvalue weighted by molar-refractivity contribution is -0.134. The fourth-order valence-electron chi connectivity index (χ4n) is 1.46. The van der Waals surface area contributed by atoms with Gasteiger partial charge in [-0.1, -0.05) is 6.08 Å². The second-order valence-corrected chi connectivity index (χ2v) is 2.99. The Kier molecular flexibility index (Phi) is 1.64. The monoisotopic (exact) mass is 165 g/mol. The molecule has 3 heteroatoms. The first-order valence-electron chi connectivity index (χ1n) is 4.08. The molecule has 0 N–H and O–H groups in total. The van der Waals surface area contributed by atoms with E-state index in [1.807, 2.05) is 6.08 Å². The quantitative estimate of drug-likeness (QED) is 0.536. The van der Waals surface area contributed by atoms with Gasteiger partial charge in [-0.2, -0.15) is 0 Å². The Labute approximate surface area is 71.3 Å². The maximum Gasteiger partial charge on any atom is 0.264 e. The van der Waals surface area contributed by atoms with Gasteiger partial charge in [0.25, 0.3) is 5.91 Å². The number of hydrogen-bond acceptors (Lipinski definition) is 2. The van der Waals surface area contributed by atoms with Gasteiger partial charge in [-0.25, -0.2) is 0 Å². The van der Waals surface area contributed by atoms with Crippen LogP contribution >= 0.6 is 0 Å². The molecule has 1 aliphatic carbocycles. The van der Waals surface area contributed by atoms with Gasteiger partial charge in [-0.15, -0.1) is 0 Å². The molecule has 64 valence electrons. The van der Waals surface area contributed by atoms with Crippen molar-refractivity contribution in [2.45, 2.75) is 12.8 Å². The maximum atomic E-state index is 11.2. The van der Waals surface area contributed by atoms with Crippen LogP contribution in [0.3, 0.4) is 0 Å². The minimum Gasteiger partial charge on any atom is -0.486 e. The second-order valence-electron chi connectivity index (χ2n) is 2.99. The Morgan fingerprint density at radius 3 is 3.25 bits per heavy atom. The van der Waals surface area contributed by atoms with Gasteiger partial charge in [0, 0.05) is 13.5 Å². The zero-order valence-electron chi connectivity index (χ0n) is 7.04. The highest BCUT2D eigenvalue weighted by Crippen LogP contribution is 2.25. The Balaban J connectivity index is 2.34. The van der Waals surface area contributed by atoms with Gasteiger partial charge in [0.2, 0.25) is 0 Å². The summed E-state index contributed by atoms with van der Waals surface area (Å²) < 4.78 is 5.30. The summed E-state index contributed by atoms with van der Waals surface area (Å²) >= 11 is 0. The number of allylic oxidation sites excluding steroid dienone is 3. The summed E-state index contributed by atoms with van der Waals surface area (Å²) in [5, 5.41) is 0. The summed E-state index contributed by atoms with van der Waals surface area (Å²) in [5.41, 5.74) is 0.928. The predicted octanol–water partition coefficient (Wildman–Crippen LogP) is 1.04. The first-order valence-corrected chi connectivity index (χ1v) is 4.08. The third-order valence-electron chi connectivity index (χ3n) is 2.20. The van der Waals surface area contributed by atoms with Crippen molar-refractivity contribution in [1.82, 2.24) is 4.90 Å². The van der Waals surface area contributed by atoms with Gasteiger partial charge < -0.3 is 9.64 Å². The van der Waals surface area contributed by atoms with E-state index in [2.05, 4.69) is 6.08 Å². The molecular weight excluding hydrogens is 154 g/mol. The van der Waals surface area contributed by atoms with E-state index in [-0.39, 0.29) is 12.5 Å². The average Bonchev–Trinajstić information content (AvgIpc) is 2.12. The van der Waals surface area contributed by atoms with Crippen molar-refractivity contribution in [1.29, 1.82) is 0 Å². The number of ether oxygens (including phenoxy) is 1. The normalized spacial score (nSPS) is 22.4. The zero-order chi connectivity index (χ0) is 8.55. The van der Waals surface area contributed by atoms with Crippen LogP contribution in [0.25, 0.3) is 0 Å². The molecule has 3 nitrogen and oxygen atoms in total. The molecule has 0 aromatic rings. The summed E-state index contributed by atoms with van der Waals surface area (Å²) in [6.07, 6.45) is 5.96. The number of carbonyl (C=O) groups excluding carboxylic acids is 1. The predicted molar refractivity (Wildman–Crippen MR) is 44.1 cm³/mol. The summed E-state index contributed by atoms with van der Waals surface area (Å²) in [7, 11) is 1.79. The van der Waals surface area contributed by atoms with Crippen LogP contribution in [-0.2, 0) is 9.53 Å². The minimum absolute atomic E-state index is 0.0281. The van der Waals surface area contributed by atoms with E-state index in [1.165, 1.54) is 0 Å². The topological polar surface area (TPSA) is 29.5 Å². The summed E-state index contributed by atoms with van der Waals surface area (Å²) in [4.78, 5) is 12.8. The molecule has 0 atom stereocenters. The Bertz CT molecular complexity index is 278. The fourth-order valence-corrected chi connectivity index (χ4v) is 1.46. The van der Waals surface area contributed by atoms with E-state index >= 15 is 0 Å². The number of hydrogen-bond donors (Lipinski definition) is 0. The zero-order valence-corrected chi connectivity index (χ0v) is 7.04. The van der Waals surface area contributed by atoms with Crippen LogP contribution in [0.15, 0.2) is 23.6 Å². The lowest BCUT2D eigenvalue weighted by Crippen LogP contribution is -2.35. The van der Waals surface area contributed by atoms with Gasteiger partial charge in [0.15, 0.2) is 6.61 Å². The van der Waals surface area contributed by atoms with Gasteiger partial charge in [0.05, 0.1) is 5.70 Å². The molecular formula is C9H11NO2. The van der Waals surface area contributed by atoms with E-state index in [4.69, 9.17) is 4.74 Å². The lowest BCUT2D eigenvalue weighted by atomic mass is 10.1. The SMILES string of the molecule is CN1C(=O)COC2=C1C=CCC2. The minimum atomic E-state index is 0.0281. The molecule has 0 unspecified atom stereocenters. The third kappa shape index (κ3) is 1.02. The molecule has 1 aliphatic heterocycles. The standard InChI is InChI=1S/C9H11NO2/c1-10-7-4-2-3-5-8(7)12-6-9(10)11/h2,4H,3,5-6H2,1H3. The molecule has 12 heavy (non-hydrogen) atoms. The molecule has 2 rings (SSSR count). The van der Waals surface area contributed by atoms with Crippen molar-refractivity contribution in [2.24, 2.45) is 0 Å². The van der Waals surface area contributed by atoms with Crippen LogP contribution < -0.4 is 0 Å². The Morgan fingerprint density at radius 2 is 2.42 bits per heavy atom. The molecule has 0 radical (unpaired) electrons. The van der Waals surface area contributed by atoms with Crippen molar-refractivity contribution < 1.29 is 9.53 Å². The molecule has 0 saturated carbocycles. The largest absolute Gasteiger partial charge is 0.486 e. The summed E-state index contributed by atoms with van der Waals surface area (Å²) in [6.45, 7) is 0.198. The van der Waals surface area contributed by atoms with Gasteiger partial charge in [-0.3, -0.25) is 4.79 Å². The first kappa shape index (κ1) is 7.40. The smallest absolute Gasteiger partial charge is 0.264 e. The van der Waals surface area contributed by atoms with Crippen LogP contribution in [0.2, 0.25) is 0 Å². The molecule has 2 aliphatic rings. The highest BCUT2D eigenvalue weighted by Gasteiger charge is 2.24. The van der Waals surface area contributed by atoms with Crippen molar-refractivity contribution in [3.05, 3.63) is 23.6 Å². The lowest BCUT2D eigenvalue weighted by Gasteiger charge is -2.29. The Morgan fingerprint density at radius 1 is 1.58 bits per heavy atom. The fraction of sp³-hybridized carbons (Fsp3) is 0.444. The highest BCUT2D eigenvalue weighted by molar-refractivity contribution is 5.80. The van der Waals surface area contributed by atoms with E-state index < -0.39 is 0 Å². The van der Waals surface area contributed by atoms with Crippen LogP contribution in [0.5, 0.6) is 0 Å². The third-order valence-corrected chi connectivity index (χ3v) is 2.20. The molecule has 1 heterocycles. The molecule has 1 amide bonds. The second kappa shape index (κ2) is 2.66. The number of rotatable bonds is 0. The van der Waals surface area contributed by atoms with Gasteiger partial charge >= 0.3 is 0 Å². The Hall–Kier alpha value is -1.25. The van der Waals surface area contributed by atoms with Crippen LogP contribution in [-0.4, -0.2) is 24.5 Å². The molecule has 0 spiro atoms. The summed E-state index contributed by atoms with van der Waals surface area (Å²) in [5.74, 6) is 0.986. The maximum absolute atomic E-state index is 11.2. The van der Waals surface area contributed by atoms with Gasteiger partial charge in [0.1, 0.15) is 5.76 Å². The van der Waals surface area contributed by atoms with Crippen LogP contribution in [0.4, 0.5) is 0 Å². The van der Waals surface area contributed by atoms with E-state index in [0.717, 1.165) is 24.3 Å².